The van der Waals surface area contributed by atoms with Crippen molar-refractivity contribution in [3.05, 3.63) is 53.9 Å². The van der Waals surface area contributed by atoms with Gasteiger partial charge in [0, 0.05) is 17.8 Å². The van der Waals surface area contributed by atoms with Crippen molar-refractivity contribution in [2.45, 2.75) is 31.9 Å². The van der Waals surface area contributed by atoms with Gasteiger partial charge >= 0.3 is 6.18 Å². The normalized spacial score (nSPS) is 17.0. The van der Waals surface area contributed by atoms with Gasteiger partial charge in [-0.05, 0) is 43.4 Å². The van der Waals surface area contributed by atoms with Gasteiger partial charge in [0.25, 0.3) is 5.78 Å². The van der Waals surface area contributed by atoms with E-state index in [-0.39, 0.29) is 18.2 Å². The molecule has 0 atom stereocenters. The van der Waals surface area contributed by atoms with Crippen LogP contribution in [0.15, 0.2) is 36.9 Å². The Balaban J connectivity index is 1.51. The third kappa shape index (κ3) is 3.03. The number of hydrogen-bond acceptors (Lipinski definition) is 5. The van der Waals surface area contributed by atoms with Crippen LogP contribution >= 0.6 is 0 Å². The summed E-state index contributed by atoms with van der Waals surface area (Å²) in [4.78, 5) is 10.4. The van der Waals surface area contributed by atoms with Crippen LogP contribution in [-0.4, -0.2) is 37.3 Å². The van der Waals surface area contributed by atoms with E-state index in [9.17, 15) is 17.6 Å². The van der Waals surface area contributed by atoms with Crippen LogP contribution in [0.25, 0.3) is 16.7 Å². The highest BCUT2D eigenvalue weighted by Gasteiger charge is 2.62. The van der Waals surface area contributed by atoms with E-state index in [2.05, 4.69) is 32.0 Å². The summed E-state index contributed by atoms with van der Waals surface area (Å²) in [6.07, 6.45) is 1.21. The van der Waals surface area contributed by atoms with Crippen LogP contribution in [0.2, 0.25) is 0 Å². The van der Waals surface area contributed by atoms with Crippen LogP contribution in [0.4, 0.5) is 29.1 Å². The van der Waals surface area contributed by atoms with E-state index in [0.717, 1.165) is 17.4 Å². The molecule has 0 radical (unpaired) electrons. The van der Waals surface area contributed by atoms with Gasteiger partial charge in [0.15, 0.2) is 5.82 Å². The van der Waals surface area contributed by atoms with Gasteiger partial charge in [0.2, 0.25) is 0 Å². The number of rotatable bonds is 1. The second kappa shape index (κ2) is 6.88. The van der Waals surface area contributed by atoms with Crippen molar-refractivity contribution in [1.29, 1.82) is 0 Å². The molecule has 0 unspecified atom stereocenters. The quantitative estimate of drug-likeness (QED) is 0.312. The van der Waals surface area contributed by atoms with Crippen molar-refractivity contribution in [3.63, 3.8) is 0 Å². The molecule has 166 valence electrons. The van der Waals surface area contributed by atoms with Crippen molar-refractivity contribution >= 4 is 28.2 Å². The highest BCUT2D eigenvalue weighted by molar-refractivity contribution is 5.94. The Labute approximate surface area is 185 Å². The highest BCUT2D eigenvalue weighted by Crippen LogP contribution is 2.57. The number of aromatic nitrogens is 5. The molecule has 6 rings (SSSR count). The van der Waals surface area contributed by atoms with Gasteiger partial charge < -0.3 is 4.90 Å². The van der Waals surface area contributed by atoms with Crippen LogP contribution in [0.5, 0.6) is 0 Å². The Kier molecular flexibility index (Phi) is 4.15. The van der Waals surface area contributed by atoms with Gasteiger partial charge in [-0.25, -0.2) is 4.39 Å². The lowest BCUT2D eigenvalue weighted by Gasteiger charge is -2.32. The molecule has 0 amide bonds. The average Bonchev–Trinajstić information content (AvgIpc) is 3.46. The summed E-state index contributed by atoms with van der Waals surface area (Å²) >= 11 is 0. The number of benzene rings is 1. The largest absolute Gasteiger partial charge is 0.405 e. The molecule has 4 heterocycles. The summed E-state index contributed by atoms with van der Waals surface area (Å²) in [5, 5.41) is 8.15. The lowest BCUT2D eigenvalue weighted by Crippen LogP contribution is -2.27. The van der Waals surface area contributed by atoms with Gasteiger partial charge in [-0.3, -0.25) is 9.38 Å². The molecule has 2 aliphatic rings. The molecule has 10 heteroatoms. The first kappa shape index (κ1) is 19.9. The van der Waals surface area contributed by atoms with Gasteiger partial charge in [-0.2, -0.15) is 18.2 Å². The number of nitrogens with zero attached hydrogens (tertiary/aromatic N) is 6. The number of halogens is 4. The molecule has 0 spiro atoms. The van der Waals surface area contributed by atoms with E-state index in [1.165, 1.54) is 12.5 Å². The molecular weight excluding hydrogens is 436 g/mol. The van der Waals surface area contributed by atoms with Crippen LogP contribution in [-0.2, 0) is 6.42 Å². The zero-order valence-corrected chi connectivity index (χ0v) is 17.2. The summed E-state index contributed by atoms with van der Waals surface area (Å²) in [5.74, 6) is 5.43. The predicted octanol–water partition coefficient (Wildman–Crippen LogP) is 4.59. The monoisotopic (exact) mass is 452 g/mol. The number of fused-ring (bicyclic) bond motifs is 4. The third-order valence-electron chi connectivity index (χ3n) is 6.33. The van der Waals surface area contributed by atoms with E-state index in [0.29, 0.717) is 42.1 Å². The summed E-state index contributed by atoms with van der Waals surface area (Å²) in [6.45, 7) is 0.560. The molecule has 1 aromatic carbocycles. The minimum atomic E-state index is -4.33. The average molecular weight is 452 g/mol. The Morgan fingerprint density at radius 1 is 1.12 bits per heavy atom. The van der Waals surface area contributed by atoms with Crippen molar-refractivity contribution in [3.8, 4) is 11.8 Å². The Morgan fingerprint density at radius 2 is 1.97 bits per heavy atom. The summed E-state index contributed by atoms with van der Waals surface area (Å²) < 4.78 is 56.5. The molecule has 0 bridgehead atoms. The molecule has 0 N–H and O–H groups in total. The second-order valence-electron chi connectivity index (χ2n) is 8.34. The molecule has 1 saturated carbocycles. The Bertz CT molecular complexity index is 1480. The van der Waals surface area contributed by atoms with E-state index in [1.54, 1.807) is 16.5 Å². The number of anilines is 2. The number of hydrogen-bond donors (Lipinski definition) is 0. The molecule has 1 aliphatic carbocycles. The first-order valence-electron chi connectivity index (χ1n) is 10.5. The first-order valence-corrected chi connectivity index (χ1v) is 10.5. The maximum Gasteiger partial charge on any atom is 0.405 e. The Morgan fingerprint density at radius 3 is 2.76 bits per heavy atom. The summed E-state index contributed by atoms with van der Waals surface area (Å²) in [7, 11) is 0. The van der Waals surface area contributed by atoms with Gasteiger partial charge in [0.05, 0.1) is 23.3 Å². The SMILES string of the molecule is Fc1cncc2c1c(N1CCCc3c(C#CC4(C(F)(F)F)CC4)cccc31)nc1nncn12. The number of pyridine rings is 1. The lowest BCUT2D eigenvalue weighted by molar-refractivity contribution is -0.168. The van der Waals surface area contributed by atoms with Crippen LogP contribution in [0.3, 0.4) is 0 Å². The molecule has 1 fully saturated rings. The first-order chi connectivity index (χ1) is 15.9. The molecule has 3 aromatic heterocycles. The van der Waals surface area contributed by atoms with Gasteiger partial charge in [-0.15, -0.1) is 10.2 Å². The van der Waals surface area contributed by atoms with Crippen molar-refractivity contribution < 1.29 is 17.6 Å². The van der Waals surface area contributed by atoms with E-state index < -0.39 is 17.4 Å². The van der Waals surface area contributed by atoms with Crippen LogP contribution in [0.1, 0.15) is 30.4 Å². The fourth-order valence-corrected chi connectivity index (χ4v) is 4.40. The molecule has 33 heavy (non-hydrogen) atoms. The lowest BCUT2D eigenvalue weighted by atomic mass is 9.95. The topological polar surface area (TPSA) is 59.2 Å². The molecular formula is C23H16F4N6. The predicted molar refractivity (Wildman–Crippen MR) is 112 cm³/mol. The fraction of sp³-hybridized carbons (Fsp3) is 0.304. The molecule has 0 saturated heterocycles. The van der Waals surface area contributed by atoms with E-state index in [1.807, 2.05) is 11.0 Å². The van der Waals surface area contributed by atoms with Crippen LogP contribution in [0, 0.1) is 23.1 Å². The van der Waals surface area contributed by atoms with Gasteiger partial charge in [0.1, 0.15) is 17.6 Å². The minimum Gasteiger partial charge on any atom is -0.325 e. The highest BCUT2D eigenvalue weighted by atomic mass is 19.4. The molecule has 4 aromatic rings. The fourth-order valence-electron chi connectivity index (χ4n) is 4.40. The summed E-state index contributed by atoms with van der Waals surface area (Å²) in [5.41, 5.74) is 0.724. The summed E-state index contributed by atoms with van der Waals surface area (Å²) in [6, 6.07) is 5.35. The van der Waals surface area contributed by atoms with Crippen molar-refractivity contribution in [2.24, 2.45) is 5.41 Å². The number of alkyl halides is 3. The second-order valence-corrected chi connectivity index (χ2v) is 8.34. The molecule has 6 nitrogen and oxygen atoms in total. The Hall–Kier alpha value is -3.74. The standard InChI is InChI=1S/C23H16F4N6/c24-16-11-28-12-18-19(16)20(30-21-31-29-13-33(18)21)32-10-2-4-15-14(3-1-5-17(15)32)6-7-22(8-9-22)23(25,26)27/h1,3,5,11-13H,2,4,8-10H2. The zero-order valence-electron chi connectivity index (χ0n) is 17.2. The smallest absolute Gasteiger partial charge is 0.325 e. The van der Waals surface area contributed by atoms with Crippen molar-refractivity contribution in [2.75, 3.05) is 11.4 Å². The molecule has 1 aliphatic heterocycles. The van der Waals surface area contributed by atoms with Gasteiger partial charge in [-0.1, -0.05) is 17.9 Å². The minimum absolute atomic E-state index is 0.0340. The van der Waals surface area contributed by atoms with E-state index >= 15 is 0 Å². The van der Waals surface area contributed by atoms with E-state index in [4.69, 9.17) is 0 Å². The maximum atomic E-state index is 14.9. The maximum absolute atomic E-state index is 14.9. The third-order valence-corrected chi connectivity index (χ3v) is 6.33. The van der Waals surface area contributed by atoms with Crippen LogP contribution < -0.4 is 4.90 Å². The zero-order chi connectivity index (χ0) is 22.8. The van der Waals surface area contributed by atoms with Crippen molar-refractivity contribution in [1.82, 2.24) is 24.6 Å².